The van der Waals surface area contributed by atoms with E-state index < -0.39 is 6.43 Å². The molecule has 0 spiro atoms. The Bertz CT molecular complexity index is 315. The highest BCUT2D eigenvalue weighted by molar-refractivity contribution is 5.42. The minimum atomic E-state index is -2.70. The third-order valence-electron chi connectivity index (χ3n) is 1.73. The van der Waals surface area contributed by atoms with Crippen molar-refractivity contribution in [2.75, 3.05) is 7.11 Å². The van der Waals surface area contributed by atoms with Gasteiger partial charge in [0, 0.05) is 5.56 Å². The van der Waals surface area contributed by atoms with E-state index in [2.05, 4.69) is 9.72 Å². The molecule has 0 unspecified atom stereocenters. The van der Waals surface area contributed by atoms with Gasteiger partial charge in [0.1, 0.15) is 5.75 Å². The number of hydrogen-bond acceptors (Lipinski definition) is 3. The van der Waals surface area contributed by atoms with Crippen molar-refractivity contribution in [1.82, 2.24) is 4.98 Å². The molecule has 0 bridgehead atoms. The van der Waals surface area contributed by atoms with Crippen molar-refractivity contribution >= 4 is 0 Å². The fourth-order valence-corrected chi connectivity index (χ4v) is 1.00. The van der Waals surface area contributed by atoms with Crippen LogP contribution >= 0.6 is 0 Å². The predicted octanol–water partition coefficient (Wildman–Crippen LogP) is 2.04. The quantitative estimate of drug-likeness (QED) is 0.774. The van der Waals surface area contributed by atoms with E-state index in [9.17, 15) is 8.78 Å². The standard InChI is InChI=1S/C8H9F2NO2/c1-4-5(12)3-11-8(13-2)6(4)7(9)10/h3,7,12H,1-2H3. The van der Waals surface area contributed by atoms with Gasteiger partial charge in [0.25, 0.3) is 6.43 Å². The molecule has 0 saturated carbocycles. The molecule has 0 aliphatic rings. The monoisotopic (exact) mass is 189 g/mol. The Morgan fingerprint density at radius 2 is 2.15 bits per heavy atom. The van der Waals surface area contributed by atoms with E-state index in [-0.39, 0.29) is 22.8 Å². The zero-order valence-corrected chi connectivity index (χ0v) is 7.21. The number of halogens is 2. The molecule has 1 aromatic heterocycles. The number of methoxy groups -OCH3 is 1. The molecule has 3 nitrogen and oxygen atoms in total. The van der Waals surface area contributed by atoms with Gasteiger partial charge in [-0.05, 0) is 6.92 Å². The molecule has 5 heteroatoms. The summed E-state index contributed by atoms with van der Waals surface area (Å²) in [7, 11) is 1.25. The van der Waals surface area contributed by atoms with Crippen molar-refractivity contribution in [3.63, 3.8) is 0 Å². The topological polar surface area (TPSA) is 42.4 Å². The number of ether oxygens (including phenoxy) is 1. The van der Waals surface area contributed by atoms with Crippen LogP contribution in [-0.2, 0) is 0 Å². The van der Waals surface area contributed by atoms with Crippen LogP contribution in [0.5, 0.6) is 11.6 Å². The predicted molar refractivity (Wildman–Crippen MR) is 42.1 cm³/mol. The fourth-order valence-electron chi connectivity index (χ4n) is 1.00. The van der Waals surface area contributed by atoms with Crippen molar-refractivity contribution in [2.45, 2.75) is 13.3 Å². The molecule has 13 heavy (non-hydrogen) atoms. The van der Waals surface area contributed by atoms with Gasteiger partial charge in [0.2, 0.25) is 5.88 Å². The smallest absolute Gasteiger partial charge is 0.269 e. The summed E-state index contributed by atoms with van der Waals surface area (Å²) in [5, 5.41) is 9.12. The number of hydrogen-bond donors (Lipinski definition) is 1. The van der Waals surface area contributed by atoms with Gasteiger partial charge in [-0.15, -0.1) is 0 Å². The van der Waals surface area contributed by atoms with Gasteiger partial charge >= 0.3 is 0 Å². The lowest BCUT2D eigenvalue weighted by atomic mass is 10.1. The molecule has 72 valence electrons. The van der Waals surface area contributed by atoms with Crippen molar-refractivity contribution in [3.8, 4) is 11.6 Å². The number of aromatic nitrogens is 1. The molecular weight excluding hydrogens is 180 g/mol. The number of aromatic hydroxyl groups is 1. The average Bonchev–Trinajstić information content (AvgIpc) is 2.08. The van der Waals surface area contributed by atoms with Crippen LogP contribution in [-0.4, -0.2) is 17.2 Å². The lowest BCUT2D eigenvalue weighted by Gasteiger charge is -2.10. The van der Waals surface area contributed by atoms with Crippen LogP contribution in [0, 0.1) is 6.92 Å². The molecule has 1 aromatic rings. The van der Waals surface area contributed by atoms with Crippen molar-refractivity contribution in [2.24, 2.45) is 0 Å². The first-order chi connectivity index (χ1) is 6.07. The lowest BCUT2D eigenvalue weighted by Crippen LogP contribution is -1.98. The first-order valence-corrected chi connectivity index (χ1v) is 3.58. The maximum Gasteiger partial charge on any atom is 0.269 e. The van der Waals surface area contributed by atoms with Gasteiger partial charge in [-0.3, -0.25) is 0 Å². The van der Waals surface area contributed by atoms with Crippen LogP contribution in [0.1, 0.15) is 17.6 Å². The van der Waals surface area contributed by atoms with Gasteiger partial charge in [-0.1, -0.05) is 0 Å². The van der Waals surface area contributed by atoms with E-state index in [1.807, 2.05) is 0 Å². The van der Waals surface area contributed by atoms with Crippen LogP contribution in [0.15, 0.2) is 6.20 Å². The van der Waals surface area contributed by atoms with Gasteiger partial charge in [0.05, 0.1) is 18.9 Å². The second kappa shape index (κ2) is 3.55. The summed E-state index contributed by atoms with van der Waals surface area (Å²) >= 11 is 0. The van der Waals surface area contributed by atoms with Crippen molar-refractivity contribution < 1.29 is 18.6 Å². The first kappa shape index (κ1) is 9.70. The van der Waals surface area contributed by atoms with Crippen LogP contribution in [0.3, 0.4) is 0 Å². The first-order valence-electron chi connectivity index (χ1n) is 3.58. The van der Waals surface area contributed by atoms with Crippen LogP contribution in [0.25, 0.3) is 0 Å². The van der Waals surface area contributed by atoms with E-state index in [4.69, 9.17) is 5.11 Å². The molecular formula is C8H9F2NO2. The molecule has 0 aliphatic carbocycles. The molecule has 1 heterocycles. The number of nitrogens with zero attached hydrogens (tertiary/aromatic N) is 1. The fraction of sp³-hybridized carbons (Fsp3) is 0.375. The molecule has 1 rings (SSSR count). The lowest BCUT2D eigenvalue weighted by molar-refractivity contribution is 0.144. The second-order valence-electron chi connectivity index (χ2n) is 2.49. The van der Waals surface area contributed by atoms with Gasteiger partial charge < -0.3 is 9.84 Å². The number of pyridine rings is 1. The Balaban J connectivity index is 3.32. The van der Waals surface area contributed by atoms with E-state index >= 15 is 0 Å². The SMILES string of the molecule is COc1ncc(O)c(C)c1C(F)F. The summed E-state index contributed by atoms with van der Waals surface area (Å²) < 4.78 is 29.5. The van der Waals surface area contributed by atoms with Crippen LogP contribution in [0.2, 0.25) is 0 Å². The molecule has 0 atom stereocenters. The summed E-state index contributed by atoms with van der Waals surface area (Å²) in [6, 6.07) is 0. The number of rotatable bonds is 2. The van der Waals surface area contributed by atoms with Crippen molar-refractivity contribution in [1.29, 1.82) is 0 Å². The van der Waals surface area contributed by atoms with Gasteiger partial charge in [-0.2, -0.15) is 0 Å². The highest BCUT2D eigenvalue weighted by Gasteiger charge is 2.20. The molecule has 1 N–H and O–H groups in total. The maximum absolute atomic E-state index is 12.4. The van der Waals surface area contributed by atoms with Gasteiger partial charge in [-0.25, -0.2) is 13.8 Å². The van der Waals surface area contributed by atoms with Crippen LogP contribution < -0.4 is 4.74 Å². The summed E-state index contributed by atoms with van der Waals surface area (Å²) in [6.07, 6.45) is -1.62. The van der Waals surface area contributed by atoms with Gasteiger partial charge in [0.15, 0.2) is 0 Å². The Morgan fingerprint density at radius 3 is 2.62 bits per heavy atom. The normalized spacial score (nSPS) is 10.5. The zero-order valence-electron chi connectivity index (χ0n) is 7.21. The Morgan fingerprint density at radius 1 is 1.54 bits per heavy atom. The Kier molecular flexibility index (Phi) is 2.65. The van der Waals surface area contributed by atoms with E-state index in [1.54, 1.807) is 0 Å². The molecule has 0 radical (unpaired) electrons. The minimum absolute atomic E-state index is 0.0989. The second-order valence-corrected chi connectivity index (χ2v) is 2.49. The maximum atomic E-state index is 12.4. The summed E-state index contributed by atoms with van der Waals surface area (Å²) in [6.45, 7) is 1.39. The molecule has 0 fully saturated rings. The molecule has 0 aromatic carbocycles. The molecule has 0 amide bonds. The Hall–Kier alpha value is -1.39. The summed E-state index contributed by atoms with van der Waals surface area (Å²) in [5.74, 6) is -0.401. The van der Waals surface area contributed by atoms with E-state index in [0.29, 0.717) is 0 Å². The van der Waals surface area contributed by atoms with Crippen molar-refractivity contribution in [3.05, 3.63) is 17.3 Å². The highest BCUT2D eigenvalue weighted by Crippen LogP contribution is 2.33. The summed E-state index contributed by atoms with van der Waals surface area (Å²) in [5.41, 5.74) is -0.260. The number of alkyl halides is 2. The minimum Gasteiger partial charge on any atom is -0.506 e. The molecule has 0 aliphatic heterocycles. The molecule has 0 saturated heterocycles. The average molecular weight is 189 g/mol. The highest BCUT2D eigenvalue weighted by atomic mass is 19.3. The Labute approximate surface area is 74.0 Å². The van der Waals surface area contributed by atoms with Crippen LogP contribution in [0.4, 0.5) is 8.78 Å². The van der Waals surface area contributed by atoms with E-state index in [1.165, 1.54) is 14.0 Å². The summed E-state index contributed by atoms with van der Waals surface area (Å²) in [4.78, 5) is 3.53. The third kappa shape index (κ3) is 1.68. The largest absolute Gasteiger partial charge is 0.506 e. The zero-order chi connectivity index (χ0) is 10.0. The third-order valence-corrected chi connectivity index (χ3v) is 1.73. The van der Waals surface area contributed by atoms with E-state index in [0.717, 1.165) is 6.20 Å².